The van der Waals surface area contributed by atoms with Gasteiger partial charge in [-0.2, -0.15) is 0 Å². The van der Waals surface area contributed by atoms with Crippen LogP contribution in [0.25, 0.3) is 0 Å². The summed E-state index contributed by atoms with van der Waals surface area (Å²) in [5.74, 6) is 1.18. The number of hydrogen-bond acceptors (Lipinski definition) is 5. The van der Waals surface area contributed by atoms with Gasteiger partial charge in [-0.15, -0.1) is 0 Å². The Labute approximate surface area is 109 Å². The molecular formula is C13H23N3O2. The fourth-order valence-electron chi connectivity index (χ4n) is 1.38. The van der Waals surface area contributed by atoms with Crippen LogP contribution in [-0.2, 0) is 11.3 Å². The number of ether oxygens (including phenoxy) is 2. The van der Waals surface area contributed by atoms with Gasteiger partial charge in [0, 0.05) is 19.3 Å². The molecule has 1 rings (SSSR count). The second kappa shape index (κ2) is 8.83. The van der Waals surface area contributed by atoms with Crippen LogP contribution in [0.2, 0.25) is 0 Å². The van der Waals surface area contributed by atoms with Crippen molar-refractivity contribution in [1.82, 2.24) is 15.3 Å². The zero-order valence-electron chi connectivity index (χ0n) is 11.5. The summed E-state index contributed by atoms with van der Waals surface area (Å²) in [6.45, 7) is 9.78. The molecule has 5 heteroatoms. The Balaban J connectivity index is 2.32. The first kappa shape index (κ1) is 14.9. The van der Waals surface area contributed by atoms with Gasteiger partial charge in [-0.25, -0.2) is 4.98 Å². The smallest absolute Gasteiger partial charge is 0.232 e. The zero-order chi connectivity index (χ0) is 13.2. The molecule has 0 radical (unpaired) electrons. The average molecular weight is 253 g/mol. The molecule has 0 aliphatic heterocycles. The van der Waals surface area contributed by atoms with Crippen LogP contribution in [0.3, 0.4) is 0 Å². The number of hydrogen-bond donors (Lipinski definition) is 1. The maximum atomic E-state index is 5.45. The monoisotopic (exact) mass is 253 g/mol. The first-order valence-corrected chi connectivity index (χ1v) is 6.44. The van der Waals surface area contributed by atoms with E-state index in [9.17, 15) is 0 Å². The molecule has 5 nitrogen and oxygen atoms in total. The average Bonchev–Trinajstić information content (AvgIpc) is 2.35. The van der Waals surface area contributed by atoms with Gasteiger partial charge < -0.3 is 14.8 Å². The van der Waals surface area contributed by atoms with E-state index < -0.39 is 0 Å². The summed E-state index contributed by atoms with van der Waals surface area (Å²) in [5.41, 5.74) is 0.893. The van der Waals surface area contributed by atoms with Crippen molar-refractivity contribution in [2.45, 2.75) is 27.3 Å². The van der Waals surface area contributed by atoms with Crippen LogP contribution < -0.4 is 10.1 Å². The Kier molecular flexibility index (Phi) is 7.29. The van der Waals surface area contributed by atoms with Crippen molar-refractivity contribution in [3.05, 3.63) is 18.1 Å². The molecule has 18 heavy (non-hydrogen) atoms. The van der Waals surface area contributed by atoms with Crippen LogP contribution in [0.4, 0.5) is 0 Å². The van der Waals surface area contributed by atoms with Crippen molar-refractivity contribution in [2.75, 3.05) is 26.4 Å². The lowest BCUT2D eigenvalue weighted by Gasteiger charge is -2.08. The highest BCUT2D eigenvalue weighted by atomic mass is 16.5. The van der Waals surface area contributed by atoms with Gasteiger partial charge in [-0.05, 0) is 19.4 Å². The Hall–Kier alpha value is -1.20. The summed E-state index contributed by atoms with van der Waals surface area (Å²) in [4.78, 5) is 8.48. The number of nitrogens with zero attached hydrogens (tertiary/aromatic N) is 2. The van der Waals surface area contributed by atoms with Gasteiger partial charge in [0.1, 0.15) is 6.61 Å². The maximum Gasteiger partial charge on any atom is 0.232 e. The molecule has 0 saturated heterocycles. The van der Waals surface area contributed by atoms with E-state index in [2.05, 4.69) is 29.1 Å². The Bertz CT molecular complexity index is 332. The van der Waals surface area contributed by atoms with E-state index in [0.29, 0.717) is 38.2 Å². The Morgan fingerprint density at radius 1 is 1.28 bits per heavy atom. The molecule has 0 amide bonds. The molecule has 0 atom stereocenters. The van der Waals surface area contributed by atoms with Crippen molar-refractivity contribution in [1.29, 1.82) is 0 Å². The number of nitrogens with one attached hydrogen (secondary N) is 1. The topological polar surface area (TPSA) is 56.3 Å². The molecular weight excluding hydrogens is 230 g/mol. The predicted octanol–water partition coefficient (Wildman–Crippen LogP) is 1.64. The molecule has 0 saturated carbocycles. The minimum Gasteiger partial charge on any atom is -0.474 e. The molecule has 1 N–H and O–H groups in total. The minimum absolute atomic E-state index is 0.505. The summed E-state index contributed by atoms with van der Waals surface area (Å²) < 4.78 is 10.6. The maximum absolute atomic E-state index is 5.45. The second-order valence-electron chi connectivity index (χ2n) is 4.42. The van der Waals surface area contributed by atoms with E-state index >= 15 is 0 Å². The predicted molar refractivity (Wildman–Crippen MR) is 70.6 cm³/mol. The van der Waals surface area contributed by atoms with Gasteiger partial charge in [0.25, 0.3) is 0 Å². The van der Waals surface area contributed by atoms with E-state index in [1.165, 1.54) is 0 Å². The van der Waals surface area contributed by atoms with Crippen molar-refractivity contribution < 1.29 is 9.47 Å². The normalized spacial score (nSPS) is 10.9. The molecule has 1 aromatic rings. The first-order chi connectivity index (χ1) is 8.72. The minimum atomic E-state index is 0.505. The first-order valence-electron chi connectivity index (χ1n) is 6.44. The number of aromatic nitrogens is 2. The third-order valence-corrected chi connectivity index (χ3v) is 2.20. The summed E-state index contributed by atoms with van der Waals surface area (Å²) in [6.07, 6.45) is 3.38. The van der Waals surface area contributed by atoms with Gasteiger partial charge in [0.05, 0.1) is 18.5 Å². The van der Waals surface area contributed by atoms with Gasteiger partial charge in [0.2, 0.25) is 5.88 Å². The molecule has 1 heterocycles. The highest BCUT2D eigenvalue weighted by molar-refractivity contribution is 5.08. The van der Waals surface area contributed by atoms with E-state index in [-0.39, 0.29) is 0 Å². The second-order valence-corrected chi connectivity index (χ2v) is 4.42. The van der Waals surface area contributed by atoms with Crippen LogP contribution in [0.1, 0.15) is 26.5 Å². The number of rotatable bonds is 9. The fourth-order valence-corrected chi connectivity index (χ4v) is 1.38. The van der Waals surface area contributed by atoms with Crippen molar-refractivity contribution in [2.24, 2.45) is 5.92 Å². The van der Waals surface area contributed by atoms with E-state index in [0.717, 1.165) is 12.2 Å². The van der Waals surface area contributed by atoms with Gasteiger partial charge in [0.15, 0.2) is 0 Å². The highest BCUT2D eigenvalue weighted by Crippen LogP contribution is 2.05. The zero-order valence-corrected chi connectivity index (χ0v) is 11.5. The van der Waals surface area contributed by atoms with Crippen LogP contribution >= 0.6 is 0 Å². The molecule has 102 valence electrons. The molecule has 0 unspecified atom stereocenters. The molecule has 0 aliphatic rings. The van der Waals surface area contributed by atoms with Crippen molar-refractivity contribution in [3.63, 3.8) is 0 Å². The van der Waals surface area contributed by atoms with Crippen molar-refractivity contribution >= 4 is 0 Å². The largest absolute Gasteiger partial charge is 0.474 e. The van der Waals surface area contributed by atoms with Gasteiger partial charge >= 0.3 is 0 Å². The van der Waals surface area contributed by atoms with E-state index in [4.69, 9.17) is 9.47 Å². The van der Waals surface area contributed by atoms with Gasteiger partial charge in [-0.3, -0.25) is 4.98 Å². The molecule has 0 fully saturated rings. The highest BCUT2D eigenvalue weighted by Gasteiger charge is 2.00. The molecule has 0 spiro atoms. The molecule has 1 aromatic heterocycles. The van der Waals surface area contributed by atoms with Crippen LogP contribution in [0.5, 0.6) is 5.88 Å². The summed E-state index contributed by atoms with van der Waals surface area (Å²) in [7, 11) is 0. The lowest BCUT2D eigenvalue weighted by atomic mass is 10.2. The van der Waals surface area contributed by atoms with E-state index in [1.54, 1.807) is 12.4 Å². The lowest BCUT2D eigenvalue weighted by Crippen LogP contribution is -2.20. The van der Waals surface area contributed by atoms with Gasteiger partial charge in [-0.1, -0.05) is 13.8 Å². The van der Waals surface area contributed by atoms with Crippen LogP contribution in [-0.4, -0.2) is 36.3 Å². The quantitative estimate of drug-likeness (QED) is 0.678. The van der Waals surface area contributed by atoms with Crippen molar-refractivity contribution in [3.8, 4) is 5.88 Å². The summed E-state index contributed by atoms with van der Waals surface area (Å²) in [6, 6.07) is 0. The Morgan fingerprint density at radius 3 is 2.83 bits per heavy atom. The standard InChI is InChI=1S/C13H23N3O2/c1-4-17-5-6-18-13-10-15-9-12(16-13)8-14-7-11(2)3/h9-11,14H,4-8H2,1-3H3. The third kappa shape index (κ3) is 6.51. The third-order valence-electron chi connectivity index (χ3n) is 2.20. The fraction of sp³-hybridized carbons (Fsp3) is 0.692. The SMILES string of the molecule is CCOCCOc1cncc(CNCC(C)C)n1. The molecule has 0 aliphatic carbocycles. The molecule has 0 aromatic carbocycles. The van der Waals surface area contributed by atoms with Crippen LogP contribution in [0, 0.1) is 5.92 Å². The Morgan fingerprint density at radius 2 is 2.11 bits per heavy atom. The van der Waals surface area contributed by atoms with Crippen LogP contribution in [0.15, 0.2) is 12.4 Å². The van der Waals surface area contributed by atoms with E-state index in [1.807, 2.05) is 6.92 Å². The lowest BCUT2D eigenvalue weighted by molar-refractivity contribution is 0.108. The summed E-state index contributed by atoms with van der Waals surface area (Å²) >= 11 is 0. The molecule has 0 bridgehead atoms. The summed E-state index contributed by atoms with van der Waals surface area (Å²) in [5, 5.41) is 3.32.